The first-order chi connectivity index (χ1) is 9.80. The summed E-state index contributed by atoms with van der Waals surface area (Å²) < 4.78 is 0. The van der Waals surface area contributed by atoms with Crippen LogP contribution >= 0.6 is 23.1 Å². The molecule has 0 radical (unpaired) electrons. The van der Waals surface area contributed by atoms with Crippen LogP contribution in [-0.4, -0.2) is 9.97 Å². The van der Waals surface area contributed by atoms with E-state index in [-0.39, 0.29) is 0 Å². The van der Waals surface area contributed by atoms with E-state index in [0.29, 0.717) is 5.56 Å². The van der Waals surface area contributed by atoms with Crippen molar-refractivity contribution < 1.29 is 0 Å². The van der Waals surface area contributed by atoms with Crippen molar-refractivity contribution in [3.05, 3.63) is 47.1 Å². The van der Waals surface area contributed by atoms with Gasteiger partial charge in [0.05, 0.1) is 11.6 Å². The maximum absolute atomic E-state index is 8.82. The Morgan fingerprint density at radius 1 is 1.20 bits per heavy atom. The Hall–Kier alpha value is -1.90. The summed E-state index contributed by atoms with van der Waals surface area (Å²) in [7, 11) is 0. The smallest absolute Gasteiger partial charge is 0.131 e. The number of hydrogen-bond acceptors (Lipinski definition) is 5. The summed E-state index contributed by atoms with van der Waals surface area (Å²) in [5.74, 6) is 0.871. The highest BCUT2D eigenvalue weighted by molar-refractivity contribution is 7.99. The molecule has 5 heteroatoms. The van der Waals surface area contributed by atoms with E-state index in [1.165, 1.54) is 0 Å². The number of benzene rings is 1. The van der Waals surface area contributed by atoms with Gasteiger partial charge in [-0.05, 0) is 35.7 Å². The minimum atomic E-state index is 0.673. The van der Waals surface area contributed by atoms with Crippen LogP contribution in [0.15, 0.2) is 45.6 Å². The third kappa shape index (κ3) is 2.53. The Kier molecular flexibility index (Phi) is 3.68. The van der Waals surface area contributed by atoms with Crippen molar-refractivity contribution >= 4 is 33.3 Å². The molecular formula is C15H11N3S2. The Morgan fingerprint density at radius 2 is 2.00 bits per heavy atom. The van der Waals surface area contributed by atoms with Gasteiger partial charge in [0.25, 0.3) is 0 Å². The third-order valence-corrected chi connectivity index (χ3v) is 4.67. The number of aryl methyl sites for hydroxylation is 1. The lowest BCUT2D eigenvalue weighted by Crippen LogP contribution is -1.94. The first kappa shape index (κ1) is 13.1. The fourth-order valence-electron chi connectivity index (χ4n) is 1.82. The van der Waals surface area contributed by atoms with E-state index in [4.69, 9.17) is 5.26 Å². The predicted octanol–water partition coefficient (Wildman–Crippen LogP) is 4.28. The van der Waals surface area contributed by atoms with Crippen LogP contribution < -0.4 is 0 Å². The van der Waals surface area contributed by atoms with Gasteiger partial charge in [-0.2, -0.15) is 5.26 Å². The summed E-state index contributed by atoms with van der Waals surface area (Å²) in [5, 5.41) is 13.0. The summed E-state index contributed by atoms with van der Waals surface area (Å²) >= 11 is 3.26. The van der Waals surface area contributed by atoms with Crippen molar-refractivity contribution in [2.75, 3.05) is 0 Å². The average molecular weight is 297 g/mol. The molecule has 20 heavy (non-hydrogen) atoms. The molecule has 2 aromatic heterocycles. The molecule has 3 rings (SSSR count). The second-order valence-corrected chi connectivity index (χ2v) is 6.13. The molecule has 0 bridgehead atoms. The molecule has 2 heterocycles. The van der Waals surface area contributed by atoms with Crippen molar-refractivity contribution in [3.8, 4) is 6.07 Å². The standard InChI is InChI=1S/C15H11N3S2/c1-2-13-17-14-12(7-8-19-14)15(18-13)20-11-5-3-10(9-16)4-6-11/h3-8H,2H2,1H3. The lowest BCUT2D eigenvalue weighted by molar-refractivity contribution is 0.920. The van der Waals surface area contributed by atoms with Gasteiger partial charge in [0, 0.05) is 16.7 Å². The summed E-state index contributed by atoms with van der Waals surface area (Å²) in [6.07, 6.45) is 0.828. The number of rotatable bonds is 3. The molecule has 1 aromatic carbocycles. The first-order valence-electron chi connectivity index (χ1n) is 6.22. The predicted molar refractivity (Wildman–Crippen MR) is 82.1 cm³/mol. The van der Waals surface area contributed by atoms with Crippen molar-refractivity contribution in [1.82, 2.24) is 9.97 Å². The van der Waals surface area contributed by atoms with Crippen LogP contribution in [-0.2, 0) is 6.42 Å². The van der Waals surface area contributed by atoms with Crippen LogP contribution in [0.25, 0.3) is 10.2 Å². The molecule has 0 spiro atoms. The Bertz CT molecular complexity index is 785. The summed E-state index contributed by atoms with van der Waals surface area (Å²) in [6.45, 7) is 2.06. The molecular weight excluding hydrogens is 286 g/mol. The lowest BCUT2D eigenvalue weighted by atomic mass is 10.2. The molecule has 0 saturated carbocycles. The fourth-order valence-corrected chi connectivity index (χ4v) is 3.58. The van der Waals surface area contributed by atoms with E-state index in [1.807, 2.05) is 29.6 Å². The van der Waals surface area contributed by atoms with E-state index in [2.05, 4.69) is 29.0 Å². The lowest BCUT2D eigenvalue weighted by Gasteiger charge is -2.04. The van der Waals surface area contributed by atoms with E-state index in [9.17, 15) is 0 Å². The van der Waals surface area contributed by atoms with Crippen LogP contribution in [0, 0.1) is 11.3 Å². The van der Waals surface area contributed by atoms with Crippen LogP contribution in [0.5, 0.6) is 0 Å². The first-order valence-corrected chi connectivity index (χ1v) is 7.92. The minimum absolute atomic E-state index is 0.673. The normalized spacial score (nSPS) is 10.6. The molecule has 3 nitrogen and oxygen atoms in total. The van der Waals surface area contributed by atoms with Crippen LogP contribution in [0.1, 0.15) is 18.3 Å². The molecule has 98 valence electrons. The van der Waals surface area contributed by atoms with Crippen LogP contribution in [0.3, 0.4) is 0 Å². The van der Waals surface area contributed by atoms with Crippen LogP contribution in [0.4, 0.5) is 0 Å². The van der Waals surface area contributed by atoms with Gasteiger partial charge in [-0.25, -0.2) is 9.97 Å². The average Bonchev–Trinajstić information content (AvgIpc) is 2.96. The fraction of sp³-hybridized carbons (Fsp3) is 0.133. The Morgan fingerprint density at radius 3 is 2.70 bits per heavy atom. The van der Waals surface area contributed by atoms with Crippen molar-refractivity contribution in [3.63, 3.8) is 0 Å². The van der Waals surface area contributed by atoms with E-state index in [0.717, 1.165) is 32.4 Å². The highest BCUT2D eigenvalue weighted by Crippen LogP contribution is 2.33. The Labute approximate surface area is 125 Å². The van der Waals surface area contributed by atoms with Gasteiger partial charge in [0.15, 0.2) is 0 Å². The molecule has 0 aliphatic rings. The monoisotopic (exact) mass is 297 g/mol. The molecule has 0 fully saturated rings. The highest BCUT2D eigenvalue weighted by Gasteiger charge is 2.09. The molecule has 0 saturated heterocycles. The van der Waals surface area contributed by atoms with E-state index < -0.39 is 0 Å². The van der Waals surface area contributed by atoms with Gasteiger partial charge < -0.3 is 0 Å². The quantitative estimate of drug-likeness (QED) is 0.677. The van der Waals surface area contributed by atoms with Gasteiger partial charge in [-0.15, -0.1) is 11.3 Å². The van der Waals surface area contributed by atoms with Crippen molar-refractivity contribution in [2.45, 2.75) is 23.3 Å². The second kappa shape index (κ2) is 5.61. The third-order valence-electron chi connectivity index (χ3n) is 2.85. The molecule has 3 aromatic rings. The second-order valence-electron chi connectivity index (χ2n) is 4.18. The Balaban J connectivity index is 2.00. The largest absolute Gasteiger partial charge is 0.226 e. The van der Waals surface area contributed by atoms with Crippen molar-refractivity contribution in [2.24, 2.45) is 0 Å². The maximum atomic E-state index is 8.82. The van der Waals surface area contributed by atoms with Gasteiger partial charge in [0.1, 0.15) is 15.7 Å². The number of nitrogens with zero attached hydrogens (tertiary/aromatic N) is 3. The highest BCUT2D eigenvalue weighted by atomic mass is 32.2. The maximum Gasteiger partial charge on any atom is 0.131 e. The number of aromatic nitrogens is 2. The van der Waals surface area contributed by atoms with E-state index in [1.54, 1.807) is 23.1 Å². The van der Waals surface area contributed by atoms with Gasteiger partial charge in [0.2, 0.25) is 0 Å². The topological polar surface area (TPSA) is 49.6 Å². The summed E-state index contributed by atoms with van der Waals surface area (Å²) in [6, 6.07) is 11.8. The number of nitriles is 1. The zero-order valence-electron chi connectivity index (χ0n) is 10.8. The molecule has 0 aliphatic heterocycles. The zero-order valence-corrected chi connectivity index (χ0v) is 12.5. The SMILES string of the molecule is CCc1nc(Sc2ccc(C#N)cc2)c2ccsc2n1. The summed E-state index contributed by atoms with van der Waals surface area (Å²) in [5.41, 5.74) is 0.673. The van der Waals surface area contributed by atoms with Gasteiger partial charge in [-0.3, -0.25) is 0 Å². The molecule has 0 amide bonds. The zero-order chi connectivity index (χ0) is 13.9. The number of hydrogen-bond donors (Lipinski definition) is 0. The van der Waals surface area contributed by atoms with Crippen LogP contribution in [0.2, 0.25) is 0 Å². The van der Waals surface area contributed by atoms with E-state index >= 15 is 0 Å². The molecule has 0 N–H and O–H groups in total. The molecule has 0 aliphatic carbocycles. The van der Waals surface area contributed by atoms with Crippen molar-refractivity contribution in [1.29, 1.82) is 5.26 Å². The number of fused-ring (bicyclic) bond motifs is 1. The van der Waals surface area contributed by atoms with Gasteiger partial charge >= 0.3 is 0 Å². The van der Waals surface area contributed by atoms with Gasteiger partial charge in [-0.1, -0.05) is 18.7 Å². The minimum Gasteiger partial charge on any atom is -0.226 e. The number of thiophene rings is 1. The molecule has 0 atom stereocenters. The summed E-state index contributed by atoms with van der Waals surface area (Å²) in [4.78, 5) is 11.3. The molecule has 0 unspecified atom stereocenters.